The highest BCUT2D eigenvalue weighted by molar-refractivity contribution is 7.99. The third kappa shape index (κ3) is 7.67. The van der Waals surface area contributed by atoms with E-state index in [0.29, 0.717) is 25.2 Å². The van der Waals surface area contributed by atoms with Crippen molar-refractivity contribution in [3.63, 3.8) is 0 Å². The summed E-state index contributed by atoms with van der Waals surface area (Å²) in [6.45, 7) is 12.2. The molecule has 1 aliphatic rings. The number of pyridine rings is 1. The van der Waals surface area contributed by atoms with Crippen LogP contribution >= 0.6 is 11.8 Å². The monoisotopic (exact) mass is 408 g/mol. The van der Waals surface area contributed by atoms with Gasteiger partial charge in [0.15, 0.2) is 0 Å². The standard InChI is InChI=1S/C20H32N4O3S/c1-5-28-17-15-16(7-9-21-17)18(25)22-8-6-10-23-11-13-24(14-12-23)19(26)27-20(2,3)4/h7,9,15H,5-6,8,10-14H2,1-4H3,(H,22,25). The van der Waals surface area contributed by atoms with Crippen LogP contribution in [0.5, 0.6) is 0 Å². The normalized spacial score (nSPS) is 15.4. The van der Waals surface area contributed by atoms with Crippen molar-refractivity contribution in [3.05, 3.63) is 23.9 Å². The highest BCUT2D eigenvalue weighted by Gasteiger charge is 2.25. The van der Waals surface area contributed by atoms with E-state index in [9.17, 15) is 9.59 Å². The predicted molar refractivity (Wildman–Crippen MR) is 112 cm³/mol. The number of thioether (sulfide) groups is 1. The number of nitrogens with zero attached hydrogens (tertiary/aromatic N) is 3. The van der Waals surface area contributed by atoms with Crippen LogP contribution in [0, 0.1) is 0 Å². The highest BCUT2D eigenvalue weighted by atomic mass is 32.2. The number of aromatic nitrogens is 1. The molecule has 2 heterocycles. The summed E-state index contributed by atoms with van der Waals surface area (Å²) < 4.78 is 5.42. The summed E-state index contributed by atoms with van der Waals surface area (Å²) >= 11 is 1.62. The van der Waals surface area contributed by atoms with E-state index < -0.39 is 5.60 Å². The van der Waals surface area contributed by atoms with Gasteiger partial charge in [0.2, 0.25) is 0 Å². The van der Waals surface area contributed by atoms with Crippen molar-refractivity contribution in [3.8, 4) is 0 Å². The molecule has 1 aromatic rings. The summed E-state index contributed by atoms with van der Waals surface area (Å²) in [7, 11) is 0. The average molecular weight is 409 g/mol. The lowest BCUT2D eigenvalue weighted by Gasteiger charge is -2.35. The van der Waals surface area contributed by atoms with Crippen molar-refractivity contribution >= 4 is 23.8 Å². The van der Waals surface area contributed by atoms with E-state index in [1.807, 2.05) is 26.8 Å². The zero-order chi connectivity index (χ0) is 20.6. The van der Waals surface area contributed by atoms with Gasteiger partial charge in [-0.15, -0.1) is 11.8 Å². The minimum atomic E-state index is -0.461. The number of carbonyl (C=O) groups excluding carboxylic acids is 2. The van der Waals surface area contributed by atoms with Crippen LogP contribution in [0.1, 0.15) is 44.5 Å². The molecule has 1 fully saturated rings. The van der Waals surface area contributed by atoms with Gasteiger partial charge in [-0.3, -0.25) is 9.69 Å². The van der Waals surface area contributed by atoms with E-state index >= 15 is 0 Å². The topological polar surface area (TPSA) is 74.8 Å². The van der Waals surface area contributed by atoms with E-state index in [4.69, 9.17) is 4.74 Å². The third-order valence-electron chi connectivity index (χ3n) is 4.25. The number of nitrogens with one attached hydrogen (secondary N) is 1. The van der Waals surface area contributed by atoms with E-state index in [1.165, 1.54) is 0 Å². The first-order valence-corrected chi connectivity index (χ1v) is 10.8. The first-order chi connectivity index (χ1) is 13.3. The van der Waals surface area contributed by atoms with Crippen molar-refractivity contribution in [2.45, 2.75) is 44.7 Å². The van der Waals surface area contributed by atoms with E-state index in [1.54, 1.807) is 28.9 Å². The van der Waals surface area contributed by atoms with Crippen molar-refractivity contribution < 1.29 is 14.3 Å². The van der Waals surface area contributed by atoms with Gasteiger partial charge in [0.25, 0.3) is 5.91 Å². The van der Waals surface area contributed by atoms with Gasteiger partial charge >= 0.3 is 6.09 Å². The van der Waals surface area contributed by atoms with E-state index in [-0.39, 0.29) is 12.0 Å². The van der Waals surface area contributed by atoms with Crippen LogP contribution < -0.4 is 5.32 Å². The molecule has 1 aromatic heterocycles. The Balaban J connectivity index is 1.65. The zero-order valence-corrected chi connectivity index (χ0v) is 18.2. The van der Waals surface area contributed by atoms with Gasteiger partial charge < -0.3 is 15.0 Å². The Kier molecular flexibility index (Phi) is 8.57. The molecule has 7 nitrogen and oxygen atoms in total. The highest BCUT2D eigenvalue weighted by Crippen LogP contribution is 2.15. The number of rotatable bonds is 7. The Morgan fingerprint density at radius 3 is 2.61 bits per heavy atom. The quantitative estimate of drug-likeness (QED) is 0.552. The molecular weight excluding hydrogens is 376 g/mol. The molecular formula is C20H32N4O3S. The fourth-order valence-corrected chi connectivity index (χ4v) is 3.51. The largest absolute Gasteiger partial charge is 0.444 e. The lowest BCUT2D eigenvalue weighted by atomic mass is 10.2. The van der Waals surface area contributed by atoms with Crippen LogP contribution in [0.3, 0.4) is 0 Å². The molecule has 1 saturated heterocycles. The maximum Gasteiger partial charge on any atom is 0.410 e. The van der Waals surface area contributed by atoms with Gasteiger partial charge in [-0.1, -0.05) is 6.92 Å². The van der Waals surface area contributed by atoms with Crippen LogP contribution in [-0.2, 0) is 4.74 Å². The fraction of sp³-hybridized carbons (Fsp3) is 0.650. The molecule has 2 rings (SSSR count). The molecule has 156 valence electrons. The number of hydrogen-bond donors (Lipinski definition) is 1. The molecule has 2 amide bonds. The second-order valence-electron chi connectivity index (χ2n) is 7.73. The molecule has 8 heteroatoms. The molecule has 0 unspecified atom stereocenters. The van der Waals surface area contributed by atoms with Gasteiger partial charge in [0.05, 0.1) is 5.03 Å². The minimum absolute atomic E-state index is 0.0601. The molecule has 0 bridgehead atoms. The van der Waals surface area contributed by atoms with Crippen LogP contribution in [0.25, 0.3) is 0 Å². The van der Waals surface area contributed by atoms with Crippen LogP contribution in [0.4, 0.5) is 4.79 Å². The number of amides is 2. The Labute approximate surface area is 172 Å². The number of hydrogen-bond acceptors (Lipinski definition) is 6. The summed E-state index contributed by atoms with van der Waals surface area (Å²) in [5.74, 6) is 0.870. The van der Waals surface area contributed by atoms with Crippen LogP contribution in [0.2, 0.25) is 0 Å². The van der Waals surface area contributed by atoms with Crippen molar-refractivity contribution in [2.75, 3.05) is 45.0 Å². The molecule has 0 aliphatic carbocycles. The first kappa shape index (κ1) is 22.5. The maximum absolute atomic E-state index is 12.3. The predicted octanol–water partition coefficient (Wildman–Crippen LogP) is 2.87. The summed E-state index contributed by atoms with van der Waals surface area (Å²) in [4.78, 5) is 32.7. The molecule has 0 radical (unpaired) electrons. The third-order valence-corrected chi connectivity index (χ3v) is 5.06. The first-order valence-electron chi connectivity index (χ1n) is 9.86. The second kappa shape index (κ2) is 10.7. The smallest absolute Gasteiger partial charge is 0.410 e. The van der Waals surface area contributed by atoms with Crippen LogP contribution in [-0.4, -0.2) is 77.4 Å². The summed E-state index contributed by atoms with van der Waals surface area (Å²) in [6, 6.07) is 3.57. The Morgan fingerprint density at radius 1 is 1.25 bits per heavy atom. The molecule has 1 aliphatic heterocycles. The number of ether oxygens (including phenoxy) is 1. The maximum atomic E-state index is 12.3. The summed E-state index contributed by atoms with van der Waals surface area (Å²) in [5, 5.41) is 3.85. The lowest BCUT2D eigenvalue weighted by molar-refractivity contribution is 0.0144. The van der Waals surface area contributed by atoms with E-state index in [2.05, 4.69) is 22.1 Å². The molecule has 0 atom stereocenters. The second-order valence-corrected chi connectivity index (χ2v) is 9.02. The van der Waals surface area contributed by atoms with Crippen LogP contribution in [0.15, 0.2) is 23.4 Å². The Bertz CT molecular complexity index is 655. The molecule has 0 spiro atoms. The SMILES string of the molecule is CCSc1cc(C(=O)NCCCN2CCN(C(=O)OC(C)(C)C)CC2)ccn1. The zero-order valence-electron chi connectivity index (χ0n) is 17.4. The molecule has 1 N–H and O–H groups in total. The van der Waals surface area contributed by atoms with Crippen molar-refractivity contribution in [1.82, 2.24) is 20.1 Å². The van der Waals surface area contributed by atoms with Gasteiger partial charge in [0, 0.05) is 44.5 Å². The summed E-state index contributed by atoms with van der Waals surface area (Å²) in [5.41, 5.74) is 0.189. The van der Waals surface area contributed by atoms with Gasteiger partial charge in [-0.05, 0) is 51.6 Å². The van der Waals surface area contributed by atoms with E-state index in [0.717, 1.165) is 36.8 Å². The molecule has 0 saturated carbocycles. The number of piperazine rings is 1. The Hall–Kier alpha value is -1.80. The molecule has 0 aromatic carbocycles. The Morgan fingerprint density at radius 2 is 1.96 bits per heavy atom. The number of carbonyl (C=O) groups is 2. The van der Waals surface area contributed by atoms with Crippen molar-refractivity contribution in [2.24, 2.45) is 0 Å². The lowest BCUT2D eigenvalue weighted by Crippen LogP contribution is -2.50. The molecule has 28 heavy (non-hydrogen) atoms. The average Bonchev–Trinajstić information content (AvgIpc) is 2.64. The fourth-order valence-electron chi connectivity index (χ4n) is 2.86. The van der Waals surface area contributed by atoms with Gasteiger partial charge in [-0.25, -0.2) is 9.78 Å². The summed E-state index contributed by atoms with van der Waals surface area (Å²) in [6.07, 6.45) is 2.31. The van der Waals surface area contributed by atoms with Gasteiger partial charge in [-0.2, -0.15) is 0 Å². The minimum Gasteiger partial charge on any atom is -0.444 e. The van der Waals surface area contributed by atoms with Crippen molar-refractivity contribution in [1.29, 1.82) is 0 Å². The van der Waals surface area contributed by atoms with Gasteiger partial charge in [0.1, 0.15) is 5.60 Å².